The maximum Gasteiger partial charge on any atom is 0.246 e. The molecule has 39 heavy (non-hydrogen) atoms. The third-order valence-corrected chi connectivity index (χ3v) is 8.29. The second-order valence-corrected chi connectivity index (χ2v) is 10.8. The van der Waals surface area contributed by atoms with Crippen LogP contribution in [0.2, 0.25) is 0 Å². The smallest absolute Gasteiger partial charge is 0.246 e. The van der Waals surface area contributed by atoms with Crippen LogP contribution < -0.4 is 10.6 Å². The lowest BCUT2D eigenvalue weighted by molar-refractivity contribution is -0.149. The van der Waals surface area contributed by atoms with Crippen molar-refractivity contribution in [2.75, 3.05) is 13.1 Å². The maximum atomic E-state index is 14.1. The Morgan fingerprint density at radius 3 is 2.15 bits per heavy atom. The molecule has 9 heteroatoms. The third-order valence-electron chi connectivity index (χ3n) is 8.29. The number of hydrogen-bond donors (Lipinski definition) is 3. The van der Waals surface area contributed by atoms with Crippen molar-refractivity contribution < 1.29 is 19.2 Å². The quantitative estimate of drug-likeness (QED) is 0.481. The van der Waals surface area contributed by atoms with Gasteiger partial charge in [-0.1, -0.05) is 48.5 Å². The van der Waals surface area contributed by atoms with Crippen LogP contribution in [-0.4, -0.2) is 75.7 Å². The summed E-state index contributed by atoms with van der Waals surface area (Å²) in [5.74, 6) is -1.15. The first-order valence-electron chi connectivity index (χ1n) is 13.8. The number of rotatable bonds is 4. The Morgan fingerprint density at radius 1 is 0.692 bits per heavy atom. The number of aromatic amines is 1. The standard InChI is InChI=1S/C30H33N5O4/c36-27-23(16-19-8-2-1-3-9-19)32-28(37)25-12-6-14-34(25)30(39)26-13-7-15-35(26)29(38)24(33-27)17-20-18-31-22-11-5-4-10-21(20)22/h1-5,8-11,18,23-26,31H,6-7,12-17H2,(H,32,37)(H,33,36)/t23-,24+,25+,26-/m0/s1. The largest absolute Gasteiger partial charge is 0.361 e. The summed E-state index contributed by atoms with van der Waals surface area (Å²) in [4.78, 5) is 61.5. The van der Waals surface area contributed by atoms with Crippen LogP contribution in [0.5, 0.6) is 0 Å². The van der Waals surface area contributed by atoms with Gasteiger partial charge in [-0.2, -0.15) is 0 Å². The third kappa shape index (κ3) is 4.89. The predicted octanol–water partition coefficient (Wildman–Crippen LogP) is 1.92. The Hall–Kier alpha value is -4.14. The minimum Gasteiger partial charge on any atom is -0.361 e. The van der Waals surface area contributed by atoms with Crippen LogP contribution in [0.3, 0.4) is 0 Å². The van der Waals surface area contributed by atoms with Crippen LogP contribution in [0.25, 0.3) is 10.9 Å². The fourth-order valence-corrected chi connectivity index (χ4v) is 6.30. The van der Waals surface area contributed by atoms with Gasteiger partial charge in [-0.25, -0.2) is 0 Å². The number of benzene rings is 2. The number of carbonyl (C=O) groups is 4. The average molecular weight is 528 g/mol. The zero-order valence-electron chi connectivity index (χ0n) is 21.8. The number of para-hydroxylation sites is 1. The highest BCUT2D eigenvalue weighted by atomic mass is 16.2. The monoisotopic (exact) mass is 527 g/mol. The van der Waals surface area contributed by atoms with Gasteiger partial charge in [-0.05, 0) is 42.9 Å². The van der Waals surface area contributed by atoms with Crippen molar-refractivity contribution in [3.05, 3.63) is 71.9 Å². The molecular weight excluding hydrogens is 494 g/mol. The number of carbonyl (C=O) groups excluding carboxylic acids is 4. The Bertz CT molecular complexity index is 1400. The molecule has 1 aromatic heterocycles. The molecule has 6 rings (SSSR count). The Balaban J connectivity index is 1.37. The summed E-state index contributed by atoms with van der Waals surface area (Å²) < 4.78 is 0. The molecule has 3 N–H and O–H groups in total. The van der Waals surface area contributed by atoms with E-state index >= 15 is 0 Å². The number of hydrogen-bond acceptors (Lipinski definition) is 4. The first-order chi connectivity index (χ1) is 19.0. The molecule has 3 fully saturated rings. The van der Waals surface area contributed by atoms with Crippen LogP contribution in [0.15, 0.2) is 60.8 Å². The van der Waals surface area contributed by atoms with Gasteiger partial charge in [-0.15, -0.1) is 0 Å². The van der Waals surface area contributed by atoms with E-state index in [4.69, 9.17) is 0 Å². The van der Waals surface area contributed by atoms with E-state index in [1.807, 2.05) is 60.8 Å². The van der Waals surface area contributed by atoms with Gasteiger partial charge in [0.1, 0.15) is 24.2 Å². The minimum atomic E-state index is -0.885. The highest BCUT2D eigenvalue weighted by Crippen LogP contribution is 2.27. The summed E-state index contributed by atoms with van der Waals surface area (Å²) in [5.41, 5.74) is 2.74. The first-order valence-corrected chi connectivity index (χ1v) is 13.8. The summed E-state index contributed by atoms with van der Waals surface area (Å²) in [6, 6.07) is 14.3. The predicted molar refractivity (Wildman–Crippen MR) is 145 cm³/mol. The van der Waals surface area contributed by atoms with Gasteiger partial charge in [0.05, 0.1) is 0 Å². The lowest BCUT2D eigenvalue weighted by atomic mass is 10.0. The molecular formula is C30H33N5O4. The van der Waals surface area contributed by atoms with Crippen molar-refractivity contribution >= 4 is 34.5 Å². The molecule has 2 aromatic carbocycles. The highest BCUT2D eigenvalue weighted by molar-refractivity contribution is 5.98. The van der Waals surface area contributed by atoms with Gasteiger partial charge in [0.25, 0.3) is 0 Å². The molecule has 202 valence electrons. The Morgan fingerprint density at radius 2 is 1.36 bits per heavy atom. The van der Waals surface area contributed by atoms with Crippen LogP contribution in [0.1, 0.15) is 36.8 Å². The molecule has 4 atom stereocenters. The number of aromatic nitrogens is 1. The van der Waals surface area contributed by atoms with Crippen molar-refractivity contribution in [3.8, 4) is 0 Å². The molecule has 0 aliphatic carbocycles. The lowest BCUT2D eigenvalue weighted by Gasteiger charge is -2.35. The topological polar surface area (TPSA) is 115 Å². The van der Waals surface area contributed by atoms with E-state index < -0.39 is 30.1 Å². The summed E-state index contributed by atoms with van der Waals surface area (Å²) in [6.45, 7) is 0.928. The van der Waals surface area contributed by atoms with Crippen LogP contribution >= 0.6 is 0 Å². The zero-order valence-corrected chi connectivity index (χ0v) is 21.8. The molecule has 3 aromatic rings. The van der Waals surface area contributed by atoms with Crippen molar-refractivity contribution in [1.29, 1.82) is 0 Å². The van der Waals surface area contributed by atoms with Crippen LogP contribution in [0, 0.1) is 0 Å². The van der Waals surface area contributed by atoms with Crippen molar-refractivity contribution in [2.24, 2.45) is 0 Å². The molecule has 0 radical (unpaired) electrons. The second kappa shape index (κ2) is 10.6. The van der Waals surface area contributed by atoms with Crippen molar-refractivity contribution in [2.45, 2.75) is 62.7 Å². The van der Waals surface area contributed by atoms with Gasteiger partial charge in [0.2, 0.25) is 23.6 Å². The molecule has 3 aliphatic heterocycles. The first kappa shape index (κ1) is 25.2. The molecule has 0 saturated carbocycles. The van der Waals surface area contributed by atoms with Crippen molar-refractivity contribution in [1.82, 2.24) is 25.4 Å². The summed E-state index contributed by atoms with van der Waals surface area (Å²) in [6.07, 6.45) is 4.93. The summed E-state index contributed by atoms with van der Waals surface area (Å²) in [7, 11) is 0. The van der Waals surface area contributed by atoms with Gasteiger partial charge in [0, 0.05) is 43.0 Å². The van der Waals surface area contributed by atoms with E-state index in [2.05, 4.69) is 15.6 Å². The number of nitrogens with one attached hydrogen (secondary N) is 3. The zero-order chi connectivity index (χ0) is 26.9. The SMILES string of the molecule is O=C1N[C@H](Cc2c[nH]c3ccccc23)C(=O)N2CCC[C@H]2C(=O)N2CCC[C@@H]2C(=O)N[C@H]1Cc1ccccc1. The molecule has 0 bridgehead atoms. The fourth-order valence-electron chi connectivity index (χ4n) is 6.30. The molecule has 9 nitrogen and oxygen atoms in total. The van der Waals surface area contributed by atoms with Crippen molar-refractivity contribution in [3.63, 3.8) is 0 Å². The van der Waals surface area contributed by atoms with E-state index in [1.165, 1.54) is 0 Å². The number of fused-ring (bicyclic) bond motifs is 3. The highest BCUT2D eigenvalue weighted by Gasteiger charge is 2.45. The van der Waals surface area contributed by atoms with E-state index in [0.29, 0.717) is 38.8 Å². The Labute approximate surface area is 226 Å². The minimum absolute atomic E-state index is 0.171. The Kier molecular flexibility index (Phi) is 6.81. The molecule has 0 spiro atoms. The number of H-pyrrole nitrogens is 1. The summed E-state index contributed by atoms with van der Waals surface area (Å²) in [5, 5.41) is 6.90. The van der Waals surface area contributed by atoms with E-state index in [-0.39, 0.29) is 30.6 Å². The van der Waals surface area contributed by atoms with Crippen LogP contribution in [-0.2, 0) is 32.0 Å². The van der Waals surface area contributed by atoms with Gasteiger partial charge in [-0.3, -0.25) is 19.2 Å². The van der Waals surface area contributed by atoms with Gasteiger partial charge < -0.3 is 25.4 Å². The average Bonchev–Trinajstić information content (AvgIpc) is 3.72. The maximum absolute atomic E-state index is 14.1. The second-order valence-electron chi connectivity index (χ2n) is 10.8. The van der Waals surface area contributed by atoms with Crippen LogP contribution in [0.4, 0.5) is 0 Å². The van der Waals surface area contributed by atoms with Gasteiger partial charge >= 0.3 is 0 Å². The normalized spacial score (nSPS) is 26.1. The van der Waals surface area contributed by atoms with E-state index in [0.717, 1.165) is 22.0 Å². The molecule has 3 saturated heterocycles. The summed E-state index contributed by atoms with van der Waals surface area (Å²) >= 11 is 0. The fraction of sp³-hybridized carbons (Fsp3) is 0.400. The lowest BCUT2D eigenvalue weighted by Crippen LogP contribution is -2.61. The molecule has 4 heterocycles. The van der Waals surface area contributed by atoms with E-state index in [9.17, 15) is 19.2 Å². The number of amides is 4. The van der Waals surface area contributed by atoms with Gasteiger partial charge in [0.15, 0.2) is 0 Å². The van der Waals surface area contributed by atoms with E-state index in [1.54, 1.807) is 9.80 Å². The number of nitrogens with zero attached hydrogens (tertiary/aromatic N) is 2. The molecule has 4 amide bonds. The molecule has 0 unspecified atom stereocenters. The molecule has 3 aliphatic rings.